The molecule has 1 aromatic carbocycles. The summed E-state index contributed by atoms with van der Waals surface area (Å²) in [5.41, 5.74) is 3.01. The third-order valence-corrected chi connectivity index (χ3v) is 6.02. The third-order valence-electron chi connectivity index (χ3n) is 4.63. The maximum atomic E-state index is 13.5. The average molecular weight is 411 g/mol. The molecule has 142 valence electrons. The molecular formula is C21H18N2O3S2. The Balaban J connectivity index is 2.18. The van der Waals surface area contributed by atoms with Crippen molar-refractivity contribution in [1.29, 1.82) is 0 Å². The van der Waals surface area contributed by atoms with Gasteiger partial charge in [0, 0.05) is 6.20 Å². The van der Waals surface area contributed by atoms with Gasteiger partial charge < -0.3 is 9.14 Å². The first-order valence-corrected chi connectivity index (χ1v) is 10.2. The van der Waals surface area contributed by atoms with Gasteiger partial charge in [-0.1, -0.05) is 31.2 Å². The predicted octanol–water partition coefficient (Wildman–Crippen LogP) is 4.77. The van der Waals surface area contributed by atoms with E-state index in [2.05, 4.69) is 0 Å². The molecule has 0 aliphatic rings. The molecule has 5 nitrogen and oxygen atoms in total. The largest absolute Gasteiger partial charge is 0.462 e. The van der Waals surface area contributed by atoms with Crippen LogP contribution < -0.4 is 5.56 Å². The molecule has 0 aliphatic carbocycles. The van der Waals surface area contributed by atoms with E-state index in [1.54, 1.807) is 11.3 Å². The summed E-state index contributed by atoms with van der Waals surface area (Å²) < 4.78 is 9.53. The highest BCUT2D eigenvalue weighted by Crippen LogP contribution is 2.30. The van der Waals surface area contributed by atoms with Crippen LogP contribution in [-0.4, -0.2) is 21.5 Å². The van der Waals surface area contributed by atoms with Gasteiger partial charge in [0.05, 0.1) is 22.5 Å². The lowest BCUT2D eigenvalue weighted by molar-refractivity contribution is 0.0531. The minimum absolute atomic E-state index is 0.247. The maximum Gasteiger partial charge on any atom is 0.341 e. The number of pyridine rings is 1. The van der Waals surface area contributed by atoms with E-state index in [1.165, 1.54) is 15.9 Å². The molecule has 0 bridgehead atoms. The van der Waals surface area contributed by atoms with E-state index in [1.807, 2.05) is 55.6 Å². The van der Waals surface area contributed by atoms with E-state index in [-0.39, 0.29) is 12.2 Å². The van der Waals surface area contributed by atoms with Gasteiger partial charge in [-0.05, 0) is 49.3 Å². The zero-order valence-corrected chi connectivity index (χ0v) is 17.1. The molecule has 3 aromatic heterocycles. The SMILES string of the molecule is CCOC(=O)c1c2sc(=S)n(-c3ccccc3)c(=O)c2n2cc(CC)ccc12. The van der Waals surface area contributed by atoms with Gasteiger partial charge in [-0.2, -0.15) is 0 Å². The van der Waals surface area contributed by atoms with Crippen LogP contribution in [0.3, 0.4) is 0 Å². The van der Waals surface area contributed by atoms with Gasteiger partial charge in [0.1, 0.15) is 11.1 Å². The van der Waals surface area contributed by atoms with Crippen LogP contribution in [0.2, 0.25) is 0 Å². The number of fused-ring (bicyclic) bond motifs is 3. The number of aromatic nitrogens is 2. The number of rotatable bonds is 4. The van der Waals surface area contributed by atoms with Gasteiger partial charge in [-0.3, -0.25) is 9.36 Å². The fraction of sp³-hybridized carbons (Fsp3) is 0.190. The quantitative estimate of drug-likeness (QED) is 0.359. The third kappa shape index (κ3) is 2.87. The Morgan fingerprint density at radius 2 is 1.89 bits per heavy atom. The van der Waals surface area contributed by atoms with Gasteiger partial charge in [0.25, 0.3) is 5.56 Å². The Morgan fingerprint density at radius 1 is 1.14 bits per heavy atom. The molecule has 7 heteroatoms. The van der Waals surface area contributed by atoms with Crippen molar-refractivity contribution in [2.24, 2.45) is 0 Å². The summed E-state index contributed by atoms with van der Waals surface area (Å²) in [5.74, 6) is -0.443. The first-order chi connectivity index (χ1) is 13.6. The van der Waals surface area contributed by atoms with Gasteiger partial charge in [-0.15, -0.1) is 11.3 Å². The van der Waals surface area contributed by atoms with Crippen molar-refractivity contribution in [3.05, 3.63) is 74.1 Å². The first-order valence-electron chi connectivity index (χ1n) is 9.02. The van der Waals surface area contributed by atoms with Crippen LogP contribution in [0.4, 0.5) is 0 Å². The highest BCUT2D eigenvalue weighted by Gasteiger charge is 2.24. The number of benzene rings is 1. The normalized spacial score (nSPS) is 11.2. The van der Waals surface area contributed by atoms with Crippen LogP contribution in [0, 0.1) is 3.95 Å². The summed E-state index contributed by atoms with van der Waals surface area (Å²) in [4.78, 5) is 26.2. The zero-order valence-electron chi connectivity index (χ0n) is 15.5. The molecule has 0 unspecified atom stereocenters. The molecule has 0 saturated heterocycles. The lowest BCUT2D eigenvalue weighted by Gasteiger charge is -2.06. The van der Waals surface area contributed by atoms with Crippen LogP contribution in [0.1, 0.15) is 29.8 Å². The topological polar surface area (TPSA) is 52.7 Å². The molecule has 0 aliphatic heterocycles. The van der Waals surface area contributed by atoms with E-state index in [9.17, 15) is 9.59 Å². The number of ether oxygens (including phenoxy) is 1. The van der Waals surface area contributed by atoms with Gasteiger partial charge in [0.15, 0.2) is 3.95 Å². The summed E-state index contributed by atoms with van der Waals surface area (Å²) in [7, 11) is 0. The zero-order chi connectivity index (χ0) is 19.8. The number of carbonyl (C=O) groups excluding carboxylic acids is 1. The smallest absolute Gasteiger partial charge is 0.341 e. The number of carbonyl (C=O) groups is 1. The molecule has 28 heavy (non-hydrogen) atoms. The number of nitrogens with zero attached hydrogens (tertiary/aromatic N) is 2. The second-order valence-electron chi connectivity index (χ2n) is 6.26. The van der Waals surface area contributed by atoms with E-state index < -0.39 is 5.97 Å². The molecule has 0 fully saturated rings. The van der Waals surface area contributed by atoms with E-state index in [4.69, 9.17) is 17.0 Å². The fourth-order valence-electron chi connectivity index (χ4n) is 3.31. The number of hydrogen-bond acceptors (Lipinski definition) is 5. The van der Waals surface area contributed by atoms with E-state index in [0.29, 0.717) is 30.9 Å². The highest BCUT2D eigenvalue weighted by atomic mass is 32.1. The first kappa shape index (κ1) is 18.6. The molecule has 0 saturated carbocycles. The molecule has 0 radical (unpaired) electrons. The number of aryl methyl sites for hydroxylation is 1. The van der Waals surface area contributed by atoms with Crippen LogP contribution in [0.15, 0.2) is 53.5 Å². The van der Waals surface area contributed by atoms with Crippen molar-refractivity contribution in [1.82, 2.24) is 8.97 Å². The van der Waals surface area contributed by atoms with Crippen LogP contribution in [0.25, 0.3) is 21.4 Å². The summed E-state index contributed by atoms with van der Waals surface area (Å²) in [5, 5.41) is 0. The Morgan fingerprint density at radius 3 is 2.57 bits per heavy atom. The van der Waals surface area contributed by atoms with Crippen molar-refractivity contribution < 1.29 is 9.53 Å². The minimum atomic E-state index is -0.443. The number of esters is 1. The van der Waals surface area contributed by atoms with Gasteiger partial charge >= 0.3 is 5.97 Å². The Hall–Kier alpha value is -2.77. The van der Waals surface area contributed by atoms with E-state index in [0.717, 1.165) is 12.0 Å². The molecule has 0 spiro atoms. The number of hydrogen-bond donors (Lipinski definition) is 0. The minimum Gasteiger partial charge on any atom is -0.462 e. The van der Waals surface area contributed by atoms with Crippen molar-refractivity contribution >= 4 is 45.3 Å². The van der Waals surface area contributed by atoms with E-state index >= 15 is 0 Å². The van der Waals surface area contributed by atoms with Crippen molar-refractivity contribution in [3.63, 3.8) is 0 Å². The fourth-order valence-corrected chi connectivity index (χ4v) is 4.77. The lowest BCUT2D eigenvalue weighted by atomic mass is 10.2. The average Bonchev–Trinajstić information content (AvgIpc) is 3.02. The molecular weight excluding hydrogens is 392 g/mol. The molecule has 0 amide bonds. The second-order valence-corrected chi connectivity index (χ2v) is 7.91. The highest BCUT2D eigenvalue weighted by molar-refractivity contribution is 7.73. The van der Waals surface area contributed by atoms with Crippen LogP contribution in [0.5, 0.6) is 0 Å². The van der Waals surface area contributed by atoms with Crippen molar-refractivity contribution in [2.75, 3.05) is 6.61 Å². The molecule has 0 atom stereocenters. The number of para-hydroxylation sites is 1. The summed E-state index contributed by atoms with van der Waals surface area (Å²) >= 11 is 6.79. The Bertz CT molecular complexity index is 1320. The Labute approximate surface area is 170 Å². The maximum absolute atomic E-state index is 13.5. The second kappa shape index (κ2) is 7.33. The monoisotopic (exact) mass is 410 g/mol. The summed E-state index contributed by atoms with van der Waals surface area (Å²) in [6, 6.07) is 13.1. The standard InChI is InChI=1S/C21H18N2O3S2/c1-3-13-10-11-15-16(20(25)26-4-2)18-17(22(15)12-13)19(24)23(21(27)28-18)14-8-6-5-7-9-14/h5-12H,3-4H2,1-2H3. The molecule has 3 heterocycles. The summed E-state index contributed by atoms with van der Waals surface area (Å²) in [6.07, 6.45) is 2.73. The molecule has 4 rings (SSSR count). The van der Waals surface area contributed by atoms with Gasteiger partial charge in [0.2, 0.25) is 0 Å². The molecule has 4 aromatic rings. The lowest BCUT2D eigenvalue weighted by Crippen LogP contribution is -2.19. The van der Waals surface area contributed by atoms with Crippen molar-refractivity contribution in [2.45, 2.75) is 20.3 Å². The van der Waals surface area contributed by atoms with Gasteiger partial charge in [-0.25, -0.2) is 4.79 Å². The predicted molar refractivity (Wildman–Crippen MR) is 115 cm³/mol. The van der Waals surface area contributed by atoms with Crippen molar-refractivity contribution in [3.8, 4) is 5.69 Å². The van der Waals surface area contributed by atoms with Crippen LogP contribution in [-0.2, 0) is 11.2 Å². The molecule has 0 N–H and O–H groups in total. The summed E-state index contributed by atoms with van der Waals surface area (Å²) in [6.45, 7) is 4.07. The Kier molecular flexibility index (Phi) is 4.87. The van der Waals surface area contributed by atoms with Crippen LogP contribution >= 0.6 is 23.6 Å².